The number of rotatable bonds is 14. The molecule has 8 nitrogen and oxygen atoms in total. The van der Waals surface area contributed by atoms with E-state index < -0.39 is 29.3 Å². The number of phenols is 1. The molecule has 2 unspecified atom stereocenters. The molecule has 44 heavy (non-hydrogen) atoms. The minimum atomic E-state index is -1.01. The summed E-state index contributed by atoms with van der Waals surface area (Å²) in [5, 5.41) is 15.7. The number of carbonyl (C=O) groups is 3. The van der Waals surface area contributed by atoms with E-state index in [4.69, 9.17) is 4.74 Å². The van der Waals surface area contributed by atoms with Crippen LogP contribution in [0.15, 0.2) is 42.5 Å². The molecule has 0 bridgehead atoms. The zero-order valence-electron chi connectivity index (χ0n) is 28.4. The van der Waals surface area contributed by atoms with Crippen molar-refractivity contribution in [2.24, 2.45) is 0 Å². The molecule has 3 amide bonds. The van der Waals surface area contributed by atoms with Crippen molar-refractivity contribution in [3.8, 4) is 5.75 Å². The van der Waals surface area contributed by atoms with E-state index in [0.29, 0.717) is 6.54 Å². The van der Waals surface area contributed by atoms with Gasteiger partial charge in [0.25, 0.3) is 0 Å². The summed E-state index contributed by atoms with van der Waals surface area (Å²) < 4.78 is 5.54. The van der Waals surface area contributed by atoms with Crippen LogP contribution in [0.5, 0.6) is 5.75 Å². The summed E-state index contributed by atoms with van der Waals surface area (Å²) in [5.74, 6) is -0.541. The third-order valence-corrected chi connectivity index (χ3v) is 7.31. The highest BCUT2D eigenvalue weighted by Gasteiger charge is 2.37. The van der Waals surface area contributed by atoms with Crippen LogP contribution >= 0.6 is 0 Å². The average Bonchev–Trinajstić information content (AvgIpc) is 2.90. The van der Waals surface area contributed by atoms with Crippen LogP contribution in [0.4, 0.5) is 4.79 Å². The Morgan fingerprint density at radius 2 is 1.48 bits per heavy atom. The number of nitrogens with zero attached hydrogens (tertiary/aromatic N) is 1. The number of aryl methyl sites for hydroxylation is 2. The fourth-order valence-electron chi connectivity index (χ4n) is 4.99. The second-order valence-electron chi connectivity index (χ2n) is 13.9. The number of benzene rings is 2. The van der Waals surface area contributed by atoms with E-state index in [-0.39, 0.29) is 24.0 Å². The lowest BCUT2D eigenvalue weighted by Crippen LogP contribution is -2.55. The number of hydrogen-bond acceptors (Lipinski definition) is 5. The maximum absolute atomic E-state index is 14.6. The van der Waals surface area contributed by atoms with Crippen LogP contribution in [0, 0.1) is 13.8 Å². The Kier molecular flexibility index (Phi) is 13.7. The van der Waals surface area contributed by atoms with Crippen LogP contribution < -0.4 is 10.6 Å². The molecule has 0 aliphatic heterocycles. The summed E-state index contributed by atoms with van der Waals surface area (Å²) in [6.07, 6.45) is 5.56. The number of unbranched alkanes of at least 4 members (excludes halogenated alkanes) is 5. The maximum atomic E-state index is 14.6. The molecular weight excluding hydrogens is 554 g/mol. The second kappa shape index (κ2) is 16.5. The van der Waals surface area contributed by atoms with Gasteiger partial charge >= 0.3 is 6.09 Å². The first kappa shape index (κ1) is 36.6. The Labute approximate surface area is 264 Å². The molecule has 0 spiro atoms. The Hall–Kier alpha value is -3.55. The molecular formula is C36H55N3O5. The number of aromatic hydroxyl groups is 1. The van der Waals surface area contributed by atoms with Crippen LogP contribution in [0.1, 0.15) is 115 Å². The van der Waals surface area contributed by atoms with Crippen molar-refractivity contribution in [2.45, 2.75) is 130 Å². The zero-order chi connectivity index (χ0) is 33.1. The Bertz CT molecular complexity index is 1230. The van der Waals surface area contributed by atoms with E-state index in [0.717, 1.165) is 60.8 Å². The minimum Gasteiger partial charge on any atom is -0.508 e. The van der Waals surface area contributed by atoms with Crippen molar-refractivity contribution >= 4 is 17.9 Å². The summed E-state index contributed by atoms with van der Waals surface area (Å²) in [6.45, 7) is 17.6. The number of phenolic OH excluding ortho intramolecular Hbond substituents is 1. The largest absolute Gasteiger partial charge is 0.508 e. The van der Waals surface area contributed by atoms with E-state index >= 15 is 0 Å². The first-order valence-corrected chi connectivity index (χ1v) is 16.0. The lowest BCUT2D eigenvalue weighted by molar-refractivity contribution is -0.143. The quantitative estimate of drug-likeness (QED) is 0.195. The van der Waals surface area contributed by atoms with Gasteiger partial charge in [0, 0.05) is 18.5 Å². The molecule has 0 fully saturated rings. The van der Waals surface area contributed by atoms with Gasteiger partial charge < -0.3 is 25.4 Å². The molecule has 0 saturated heterocycles. The lowest BCUT2D eigenvalue weighted by atomic mass is 9.96. The molecule has 2 aromatic rings. The Morgan fingerprint density at radius 3 is 2.05 bits per heavy atom. The molecule has 8 heteroatoms. The molecule has 2 aromatic carbocycles. The first-order valence-electron chi connectivity index (χ1n) is 16.0. The molecule has 0 aliphatic rings. The fraction of sp³-hybridized carbons (Fsp3) is 0.583. The standard InChI is InChI=1S/C36H55N3O5/c1-10-11-12-13-14-15-22-39(31(32(41)38-35(4,5)6)28-19-16-25(2)26(3)23-28)33(42)30(37-34(43)44-36(7,8)9)24-27-17-20-29(40)21-18-27/h16-21,23,30-31,40H,10-15,22,24H2,1-9H3,(H,37,43)(H,38,41). The van der Waals surface area contributed by atoms with Gasteiger partial charge in [-0.2, -0.15) is 0 Å². The van der Waals surface area contributed by atoms with Crippen LogP contribution in [-0.4, -0.2) is 51.6 Å². The molecule has 0 heterocycles. The van der Waals surface area contributed by atoms with Gasteiger partial charge in [-0.25, -0.2) is 4.79 Å². The summed E-state index contributed by atoms with van der Waals surface area (Å²) in [5.41, 5.74) is 2.30. The highest BCUT2D eigenvalue weighted by molar-refractivity contribution is 5.92. The third-order valence-electron chi connectivity index (χ3n) is 7.31. The number of carbonyl (C=O) groups excluding carboxylic acids is 3. The van der Waals surface area contributed by atoms with Gasteiger partial charge in [0.2, 0.25) is 11.8 Å². The van der Waals surface area contributed by atoms with Gasteiger partial charge in [-0.3, -0.25) is 9.59 Å². The molecule has 244 valence electrons. The van der Waals surface area contributed by atoms with Crippen molar-refractivity contribution in [2.75, 3.05) is 6.54 Å². The fourth-order valence-corrected chi connectivity index (χ4v) is 4.99. The van der Waals surface area contributed by atoms with Crippen LogP contribution in [0.3, 0.4) is 0 Å². The predicted molar refractivity (Wildman–Crippen MR) is 177 cm³/mol. The number of nitrogens with one attached hydrogen (secondary N) is 2. The Balaban J connectivity index is 2.59. The topological polar surface area (TPSA) is 108 Å². The van der Waals surface area contributed by atoms with Gasteiger partial charge in [-0.1, -0.05) is 69.4 Å². The predicted octanol–water partition coefficient (Wildman–Crippen LogP) is 7.29. The van der Waals surface area contributed by atoms with E-state index in [1.807, 2.05) is 52.8 Å². The normalized spacial score (nSPS) is 13.1. The summed E-state index contributed by atoms with van der Waals surface area (Å²) in [7, 11) is 0. The third kappa shape index (κ3) is 12.6. The molecule has 3 N–H and O–H groups in total. The second-order valence-corrected chi connectivity index (χ2v) is 13.9. The molecule has 2 atom stereocenters. The van der Waals surface area contributed by atoms with Gasteiger partial charge in [-0.15, -0.1) is 0 Å². The number of amides is 3. The minimum absolute atomic E-state index is 0.107. The summed E-state index contributed by atoms with van der Waals surface area (Å²) in [6, 6.07) is 10.5. The summed E-state index contributed by atoms with van der Waals surface area (Å²) in [4.78, 5) is 43.4. The highest BCUT2D eigenvalue weighted by atomic mass is 16.6. The van der Waals surface area contributed by atoms with E-state index in [9.17, 15) is 19.5 Å². The van der Waals surface area contributed by atoms with Crippen LogP contribution in [0.25, 0.3) is 0 Å². The number of hydrogen-bond donors (Lipinski definition) is 3. The molecule has 0 aromatic heterocycles. The maximum Gasteiger partial charge on any atom is 0.408 e. The zero-order valence-corrected chi connectivity index (χ0v) is 28.4. The van der Waals surface area contributed by atoms with E-state index in [2.05, 4.69) is 17.6 Å². The first-order chi connectivity index (χ1) is 20.5. The van der Waals surface area contributed by atoms with Crippen molar-refractivity contribution < 1.29 is 24.2 Å². The van der Waals surface area contributed by atoms with E-state index in [1.54, 1.807) is 49.9 Å². The smallest absolute Gasteiger partial charge is 0.408 e. The number of alkyl carbamates (subject to hydrolysis) is 1. The number of ether oxygens (including phenoxy) is 1. The van der Waals surface area contributed by atoms with Crippen LogP contribution in [0.2, 0.25) is 0 Å². The van der Waals surface area contributed by atoms with Crippen molar-refractivity contribution in [1.82, 2.24) is 15.5 Å². The van der Waals surface area contributed by atoms with E-state index in [1.165, 1.54) is 0 Å². The monoisotopic (exact) mass is 609 g/mol. The van der Waals surface area contributed by atoms with Crippen molar-refractivity contribution in [3.05, 3.63) is 64.7 Å². The van der Waals surface area contributed by atoms with Gasteiger partial charge in [0.1, 0.15) is 23.4 Å². The van der Waals surface area contributed by atoms with Gasteiger partial charge in [-0.05, 0) is 96.2 Å². The lowest BCUT2D eigenvalue weighted by Gasteiger charge is -2.36. The highest BCUT2D eigenvalue weighted by Crippen LogP contribution is 2.27. The SMILES string of the molecule is CCCCCCCCN(C(=O)C(Cc1ccc(O)cc1)NC(=O)OC(C)(C)C)C(C(=O)NC(C)(C)C)c1ccc(C)c(C)c1. The van der Waals surface area contributed by atoms with Crippen molar-refractivity contribution in [3.63, 3.8) is 0 Å². The molecule has 2 rings (SSSR count). The Morgan fingerprint density at radius 1 is 0.864 bits per heavy atom. The van der Waals surface area contributed by atoms with Crippen molar-refractivity contribution in [1.29, 1.82) is 0 Å². The molecule has 0 saturated carbocycles. The summed E-state index contributed by atoms with van der Waals surface area (Å²) >= 11 is 0. The van der Waals surface area contributed by atoms with Gasteiger partial charge in [0.05, 0.1) is 0 Å². The average molecular weight is 610 g/mol. The molecule has 0 radical (unpaired) electrons. The van der Waals surface area contributed by atoms with Crippen LogP contribution in [-0.2, 0) is 20.7 Å². The molecule has 0 aliphatic carbocycles. The van der Waals surface area contributed by atoms with Gasteiger partial charge in [0.15, 0.2) is 0 Å².